The van der Waals surface area contributed by atoms with Gasteiger partial charge in [0.2, 0.25) is 6.29 Å². The molecule has 1 fully saturated rings. The molecule has 3 rings (SSSR count). The number of hydrogen-bond acceptors (Lipinski definition) is 8. The normalized spacial score (nSPS) is 32.5. The first-order valence-electron chi connectivity index (χ1n) is 14.4. The molecule has 0 spiro atoms. The average Bonchev–Trinajstić information content (AvgIpc) is 2.93. The predicted octanol–water partition coefficient (Wildman–Crippen LogP) is 4.59. The summed E-state index contributed by atoms with van der Waals surface area (Å²) in [4.78, 5) is 10.6. The smallest absolute Gasteiger partial charge is 0.229 e. The summed E-state index contributed by atoms with van der Waals surface area (Å²) in [5.74, 6) is 1.24. The van der Waals surface area contributed by atoms with Gasteiger partial charge in [0.1, 0.15) is 47.8 Å². The topological polar surface area (TPSA) is 126 Å². The summed E-state index contributed by atoms with van der Waals surface area (Å²) in [6.45, 7) is 14.3. The SMILES string of the molecule is CC(C=CC=C(C)C=CC1=C(C)C(C)(Oc2ccc(O[C@@H]3O[C@H](CO)[C@@H](O)[C@H](O)[C@H]3O)cc2)C(C)CC1(C)C)=CC=O. The van der Waals surface area contributed by atoms with Crippen LogP contribution in [0, 0.1) is 11.3 Å². The minimum Gasteiger partial charge on any atom is -0.483 e. The van der Waals surface area contributed by atoms with E-state index in [1.165, 1.54) is 11.6 Å². The maximum absolute atomic E-state index is 10.6. The van der Waals surface area contributed by atoms with Crippen LogP contribution in [0.5, 0.6) is 11.5 Å². The van der Waals surface area contributed by atoms with Gasteiger partial charge in [-0.25, -0.2) is 0 Å². The minimum absolute atomic E-state index is 0.0502. The third-order valence-electron chi connectivity index (χ3n) is 8.45. The van der Waals surface area contributed by atoms with Gasteiger partial charge in [-0.1, -0.05) is 56.7 Å². The molecule has 8 nitrogen and oxygen atoms in total. The lowest BCUT2D eigenvalue weighted by molar-refractivity contribution is -0.277. The standard InChI is InChI=1S/C34H46O8/c1-21(9-8-10-22(2)17-18-35)11-16-27-24(4)34(7,23(3)19-33(27,5)6)42-26-14-12-25(13-15-26)40-32-31(39)30(38)29(37)28(20-36)41-32/h8-18,23,28-32,36-39H,19-20H2,1-7H3/t23?,28-,29-,30+,31-,32-,34?/m1/s1. The summed E-state index contributed by atoms with van der Waals surface area (Å²) >= 11 is 0. The molecular weight excluding hydrogens is 536 g/mol. The van der Waals surface area contributed by atoms with Crippen LogP contribution in [0.15, 0.2) is 83.0 Å². The molecule has 0 aromatic heterocycles. The van der Waals surface area contributed by atoms with E-state index in [0.29, 0.717) is 11.5 Å². The fraction of sp³-hybridized carbons (Fsp3) is 0.500. The van der Waals surface area contributed by atoms with Crippen LogP contribution in [-0.2, 0) is 9.53 Å². The molecule has 1 aliphatic carbocycles. The largest absolute Gasteiger partial charge is 0.483 e. The maximum Gasteiger partial charge on any atom is 0.229 e. The molecule has 0 amide bonds. The molecule has 0 saturated carbocycles. The Morgan fingerprint density at radius 3 is 2.21 bits per heavy atom. The molecule has 0 bridgehead atoms. The van der Waals surface area contributed by atoms with Gasteiger partial charge < -0.3 is 34.6 Å². The highest BCUT2D eigenvalue weighted by molar-refractivity contribution is 5.67. The second kappa shape index (κ2) is 14.0. The highest BCUT2D eigenvalue weighted by atomic mass is 16.7. The molecule has 2 aliphatic rings. The van der Waals surface area contributed by atoms with Crippen molar-refractivity contribution >= 4 is 6.29 Å². The molecule has 4 N–H and O–H groups in total. The molecule has 42 heavy (non-hydrogen) atoms. The molecule has 8 heteroatoms. The molecule has 1 aromatic rings. The molecule has 1 saturated heterocycles. The lowest BCUT2D eigenvalue weighted by Crippen LogP contribution is -2.60. The van der Waals surface area contributed by atoms with Crippen LogP contribution in [0.1, 0.15) is 54.9 Å². The van der Waals surface area contributed by atoms with Crippen molar-refractivity contribution in [2.75, 3.05) is 6.61 Å². The fourth-order valence-electron chi connectivity index (χ4n) is 5.66. The second-order valence-electron chi connectivity index (χ2n) is 12.2. The Morgan fingerprint density at radius 2 is 1.60 bits per heavy atom. The van der Waals surface area contributed by atoms with Crippen molar-refractivity contribution in [3.05, 3.63) is 83.0 Å². The van der Waals surface area contributed by atoms with Crippen molar-refractivity contribution in [2.24, 2.45) is 11.3 Å². The van der Waals surface area contributed by atoms with Crippen molar-refractivity contribution in [3.8, 4) is 11.5 Å². The van der Waals surface area contributed by atoms with Crippen molar-refractivity contribution in [2.45, 2.75) is 91.2 Å². The minimum atomic E-state index is -1.51. The second-order valence-corrected chi connectivity index (χ2v) is 12.2. The molecular formula is C34H46O8. The summed E-state index contributed by atoms with van der Waals surface area (Å²) in [5, 5.41) is 39.7. The molecule has 1 aromatic carbocycles. The zero-order valence-corrected chi connectivity index (χ0v) is 25.7. The number of aliphatic hydroxyl groups is 4. The van der Waals surface area contributed by atoms with Gasteiger partial charge in [-0.05, 0) is 86.6 Å². The molecule has 230 valence electrons. The van der Waals surface area contributed by atoms with E-state index in [9.17, 15) is 25.2 Å². The molecule has 1 heterocycles. The Balaban J connectivity index is 1.79. The number of hydrogen-bond donors (Lipinski definition) is 4. The molecule has 0 radical (unpaired) electrons. The van der Waals surface area contributed by atoms with Gasteiger partial charge in [0, 0.05) is 5.92 Å². The number of allylic oxidation sites excluding steroid dienone is 9. The van der Waals surface area contributed by atoms with Crippen LogP contribution < -0.4 is 9.47 Å². The van der Waals surface area contributed by atoms with E-state index in [2.05, 4.69) is 46.8 Å². The zero-order valence-electron chi connectivity index (χ0n) is 25.7. The van der Waals surface area contributed by atoms with E-state index in [-0.39, 0.29) is 11.3 Å². The highest BCUT2D eigenvalue weighted by Gasteiger charge is 2.46. The first-order chi connectivity index (χ1) is 19.7. The lowest BCUT2D eigenvalue weighted by atomic mass is 9.62. The zero-order chi connectivity index (χ0) is 31.2. The Bertz CT molecular complexity index is 1240. The highest BCUT2D eigenvalue weighted by Crippen LogP contribution is 2.50. The van der Waals surface area contributed by atoms with Gasteiger partial charge in [0.25, 0.3) is 0 Å². The van der Waals surface area contributed by atoms with Gasteiger partial charge in [-0.3, -0.25) is 4.79 Å². The van der Waals surface area contributed by atoms with E-state index in [4.69, 9.17) is 14.2 Å². The number of carbonyl (C=O) groups is 1. The van der Waals surface area contributed by atoms with Crippen molar-refractivity contribution < 1.29 is 39.4 Å². The number of aliphatic hydroxyl groups excluding tert-OH is 4. The van der Waals surface area contributed by atoms with Gasteiger partial charge in [0.05, 0.1) is 6.61 Å². The van der Waals surface area contributed by atoms with Gasteiger partial charge in [-0.2, -0.15) is 0 Å². The van der Waals surface area contributed by atoms with E-state index in [0.717, 1.165) is 29.4 Å². The van der Waals surface area contributed by atoms with Crippen LogP contribution in [0.3, 0.4) is 0 Å². The Morgan fingerprint density at radius 1 is 0.976 bits per heavy atom. The van der Waals surface area contributed by atoms with Crippen molar-refractivity contribution in [3.63, 3.8) is 0 Å². The quantitative estimate of drug-likeness (QED) is 0.179. The Kier molecular flexibility index (Phi) is 11.1. The molecule has 1 aliphatic heterocycles. The first kappa shape index (κ1) is 33.5. The maximum atomic E-state index is 10.6. The Hall–Kier alpha value is -3.01. The van der Waals surface area contributed by atoms with Crippen LogP contribution in [0.4, 0.5) is 0 Å². The van der Waals surface area contributed by atoms with Crippen LogP contribution in [0.2, 0.25) is 0 Å². The van der Waals surface area contributed by atoms with Gasteiger partial charge in [0.15, 0.2) is 0 Å². The van der Waals surface area contributed by atoms with Gasteiger partial charge in [-0.15, -0.1) is 0 Å². The van der Waals surface area contributed by atoms with Crippen LogP contribution >= 0.6 is 0 Å². The Labute approximate surface area is 249 Å². The van der Waals surface area contributed by atoms with Crippen LogP contribution in [0.25, 0.3) is 0 Å². The number of benzene rings is 1. The first-order valence-corrected chi connectivity index (χ1v) is 14.4. The van der Waals surface area contributed by atoms with Gasteiger partial charge >= 0.3 is 0 Å². The van der Waals surface area contributed by atoms with E-state index in [1.807, 2.05) is 32.1 Å². The van der Waals surface area contributed by atoms with E-state index in [1.54, 1.807) is 24.3 Å². The van der Waals surface area contributed by atoms with E-state index < -0.39 is 42.9 Å². The molecule has 7 atom stereocenters. The summed E-state index contributed by atoms with van der Waals surface area (Å²) < 4.78 is 17.8. The average molecular weight is 583 g/mol. The van der Waals surface area contributed by atoms with Crippen molar-refractivity contribution in [1.29, 1.82) is 0 Å². The fourth-order valence-corrected chi connectivity index (χ4v) is 5.66. The monoisotopic (exact) mass is 582 g/mol. The number of ether oxygens (including phenoxy) is 3. The number of rotatable bonds is 10. The summed E-state index contributed by atoms with van der Waals surface area (Å²) in [6, 6.07) is 6.93. The summed E-state index contributed by atoms with van der Waals surface area (Å²) in [5.41, 5.74) is 3.73. The van der Waals surface area contributed by atoms with Crippen molar-refractivity contribution in [1.82, 2.24) is 0 Å². The number of carbonyl (C=O) groups excluding carboxylic acids is 1. The summed E-state index contributed by atoms with van der Waals surface area (Å²) in [6.07, 6.45) is 6.61. The third kappa shape index (κ3) is 7.68. The molecule has 2 unspecified atom stereocenters. The van der Waals surface area contributed by atoms with E-state index >= 15 is 0 Å². The summed E-state index contributed by atoms with van der Waals surface area (Å²) in [7, 11) is 0. The van der Waals surface area contributed by atoms with Crippen LogP contribution in [-0.4, -0.2) is 69.6 Å². The lowest BCUT2D eigenvalue weighted by Gasteiger charge is -2.48. The number of aldehydes is 1. The third-order valence-corrected chi connectivity index (χ3v) is 8.45. The predicted molar refractivity (Wildman–Crippen MR) is 162 cm³/mol.